The van der Waals surface area contributed by atoms with Crippen molar-refractivity contribution in [3.63, 3.8) is 0 Å². The molecule has 0 radical (unpaired) electrons. The van der Waals surface area contributed by atoms with Crippen LogP contribution in [0, 0.1) is 13.8 Å². The van der Waals surface area contributed by atoms with Gasteiger partial charge in [0, 0.05) is 30.4 Å². The van der Waals surface area contributed by atoms with E-state index in [0.29, 0.717) is 23.2 Å². The first-order valence-corrected chi connectivity index (χ1v) is 10.7. The number of carbonyl (C=O) groups is 2. The minimum absolute atomic E-state index is 0.0909. The van der Waals surface area contributed by atoms with Gasteiger partial charge in [-0.1, -0.05) is 41.6 Å². The van der Waals surface area contributed by atoms with Crippen LogP contribution in [0.4, 0.5) is 11.4 Å². The maximum Gasteiger partial charge on any atom is 0.234 e. The van der Waals surface area contributed by atoms with Crippen molar-refractivity contribution in [3.05, 3.63) is 53.6 Å². The second-order valence-electron chi connectivity index (χ2n) is 6.97. The lowest BCUT2D eigenvalue weighted by Gasteiger charge is -2.10. The standard InChI is InChI=1S/C22H25N5O2S/c1-5-27-21(17-7-6-8-18(12-17)23-16(4)28)25-26-22(27)30-13-20(29)24-19-10-9-14(2)11-15(19)3/h6-12H,5,13H2,1-4H3,(H,23,28)(H,24,29). The molecule has 0 bridgehead atoms. The Bertz CT molecular complexity index is 1080. The molecule has 0 aliphatic carbocycles. The van der Waals surface area contributed by atoms with Crippen molar-refractivity contribution >= 4 is 35.0 Å². The van der Waals surface area contributed by atoms with Gasteiger partial charge < -0.3 is 15.2 Å². The monoisotopic (exact) mass is 423 g/mol. The van der Waals surface area contributed by atoms with Crippen molar-refractivity contribution in [1.82, 2.24) is 14.8 Å². The fourth-order valence-corrected chi connectivity index (χ4v) is 3.91. The molecule has 8 heteroatoms. The lowest BCUT2D eigenvalue weighted by Crippen LogP contribution is -2.15. The Morgan fingerprint density at radius 2 is 1.87 bits per heavy atom. The fourth-order valence-electron chi connectivity index (χ4n) is 3.10. The molecular formula is C22H25N5O2S. The van der Waals surface area contributed by atoms with E-state index in [2.05, 4.69) is 20.8 Å². The number of hydrogen-bond donors (Lipinski definition) is 2. The highest BCUT2D eigenvalue weighted by atomic mass is 32.2. The van der Waals surface area contributed by atoms with Gasteiger partial charge in [-0.15, -0.1) is 10.2 Å². The predicted octanol–water partition coefficient (Wildman–Crippen LogP) is 4.27. The minimum atomic E-state index is -0.129. The minimum Gasteiger partial charge on any atom is -0.326 e. The number of nitrogens with one attached hydrogen (secondary N) is 2. The first kappa shape index (κ1) is 21.6. The molecule has 0 aliphatic rings. The first-order valence-electron chi connectivity index (χ1n) is 9.68. The van der Waals surface area contributed by atoms with E-state index in [1.54, 1.807) is 0 Å². The molecule has 156 valence electrons. The van der Waals surface area contributed by atoms with Crippen LogP contribution < -0.4 is 10.6 Å². The van der Waals surface area contributed by atoms with Crippen LogP contribution in [-0.2, 0) is 16.1 Å². The van der Waals surface area contributed by atoms with Crippen LogP contribution in [0.2, 0.25) is 0 Å². The summed E-state index contributed by atoms with van der Waals surface area (Å²) in [7, 11) is 0. The van der Waals surface area contributed by atoms with Gasteiger partial charge in [0.05, 0.1) is 5.75 Å². The Hall–Kier alpha value is -3.13. The molecule has 2 N–H and O–H groups in total. The molecule has 3 rings (SSSR count). The maximum atomic E-state index is 12.4. The smallest absolute Gasteiger partial charge is 0.234 e. The predicted molar refractivity (Wildman–Crippen MR) is 121 cm³/mol. The molecule has 0 saturated carbocycles. The third kappa shape index (κ3) is 5.27. The highest BCUT2D eigenvalue weighted by molar-refractivity contribution is 7.99. The molecule has 0 saturated heterocycles. The van der Waals surface area contributed by atoms with E-state index in [4.69, 9.17) is 0 Å². The van der Waals surface area contributed by atoms with Crippen molar-refractivity contribution in [2.45, 2.75) is 39.4 Å². The number of aromatic nitrogens is 3. The van der Waals surface area contributed by atoms with Crippen molar-refractivity contribution in [2.24, 2.45) is 0 Å². The molecule has 3 aromatic rings. The van der Waals surface area contributed by atoms with Gasteiger partial charge in [0.15, 0.2) is 11.0 Å². The third-order valence-corrected chi connectivity index (χ3v) is 5.43. The van der Waals surface area contributed by atoms with Gasteiger partial charge in [0.25, 0.3) is 0 Å². The highest BCUT2D eigenvalue weighted by Crippen LogP contribution is 2.26. The lowest BCUT2D eigenvalue weighted by atomic mass is 10.1. The Morgan fingerprint density at radius 1 is 1.07 bits per heavy atom. The molecule has 0 aliphatic heterocycles. The molecular weight excluding hydrogens is 398 g/mol. The molecule has 7 nitrogen and oxygen atoms in total. The van der Waals surface area contributed by atoms with Crippen LogP contribution in [0.1, 0.15) is 25.0 Å². The van der Waals surface area contributed by atoms with Crippen LogP contribution >= 0.6 is 11.8 Å². The van der Waals surface area contributed by atoms with Crippen molar-refractivity contribution in [3.8, 4) is 11.4 Å². The van der Waals surface area contributed by atoms with E-state index < -0.39 is 0 Å². The van der Waals surface area contributed by atoms with Crippen LogP contribution in [0.5, 0.6) is 0 Å². The number of anilines is 2. The second-order valence-corrected chi connectivity index (χ2v) is 7.91. The summed E-state index contributed by atoms with van der Waals surface area (Å²) < 4.78 is 1.96. The molecule has 0 unspecified atom stereocenters. The van der Waals surface area contributed by atoms with Crippen LogP contribution in [0.25, 0.3) is 11.4 Å². The first-order chi connectivity index (χ1) is 14.4. The van der Waals surface area contributed by atoms with Gasteiger partial charge in [0.1, 0.15) is 0 Å². The lowest BCUT2D eigenvalue weighted by molar-refractivity contribution is -0.114. The molecule has 0 spiro atoms. The summed E-state index contributed by atoms with van der Waals surface area (Å²) in [4.78, 5) is 23.7. The SMILES string of the molecule is CCn1c(SCC(=O)Nc2ccc(C)cc2C)nnc1-c1cccc(NC(C)=O)c1. The number of hydrogen-bond acceptors (Lipinski definition) is 5. The van der Waals surface area contributed by atoms with Gasteiger partial charge >= 0.3 is 0 Å². The van der Waals surface area contributed by atoms with E-state index in [-0.39, 0.29) is 17.6 Å². The van der Waals surface area contributed by atoms with Gasteiger partial charge in [0.2, 0.25) is 11.8 Å². The average Bonchev–Trinajstić information content (AvgIpc) is 3.11. The molecule has 2 aromatic carbocycles. The summed E-state index contributed by atoms with van der Waals surface area (Å²) in [6.07, 6.45) is 0. The number of thioether (sulfide) groups is 1. The van der Waals surface area contributed by atoms with Gasteiger partial charge in [-0.25, -0.2) is 0 Å². The second kappa shape index (κ2) is 9.58. The van der Waals surface area contributed by atoms with Gasteiger partial charge in [-0.2, -0.15) is 0 Å². The summed E-state index contributed by atoms with van der Waals surface area (Å²) in [5.74, 6) is 0.709. The van der Waals surface area contributed by atoms with Crippen molar-refractivity contribution in [2.75, 3.05) is 16.4 Å². The summed E-state index contributed by atoms with van der Waals surface area (Å²) in [5, 5.41) is 15.0. The third-order valence-electron chi connectivity index (χ3n) is 4.46. The zero-order valence-electron chi connectivity index (χ0n) is 17.5. The average molecular weight is 424 g/mol. The van der Waals surface area contributed by atoms with Crippen LogP contribution in [0.15, 0.2) is 47.6 Å². The Balaban J connectivity index is 1.71. The zero-order valence-corrected chi connectivity index (χ0v) is 18.3. The zero-order chi connectivity index (χ0) is 21.7. The van der Waals surface area contributed by atoms with E-state index in [1.807, 2.05) is 67.8 Å². The van der Waals surface area contributed by atoms with Gasteiger partial charge in [-0.05, 0) is 44.5 Å². The number of nitrogens with zero attached hydrogens (tertiary/aromatic N) is 3. The normalized spacial score (nSPS) is 10.7. The van der Waals surface area contributed by atoms with Crippen LogP contribution in [0.3, 0.4) is 0 Å². The van der Waals surface area contributed by atoms with Gasteiger partial charge in [-0.3, -0.25) is 9.59 Å². The van der Waals surface area contributed by atoms with E-state index in [0.717, 1.165) is 22.4 Å². The molecule has 0 atom stereocenters. The summed E-state index contributed by atoms with van der Waals surface area (Å²) in [6, 6.07) is 13.4. The maximum absolute atomic E-state index is 12.4. The largest absolute Gasteiger partial charge is 0.326 e. The topological polar surface area (TPSA) is 88.9 Å². The Labute approximate surface area is 180 Å². The molecule has 2 amide bonds. The number of benzene rings is 2. The number of amides is 2. The Kier molecular flexibility index (Phi) is 6.89. The summed E-state index contributed by atoms with van der Waals surface area (Å²) >= 11 is 1.35. The van der Waals surface area contributed by atoms with E-state index >= 15 is 0 Å². The van der Waals surface area contributed by atoms with E-state index in [1.165, 1.54) is 18.7 Å². The van der Waals surface area contributed by atoms with E-state index in [9.17, 15) is 9.59 Å². The van der Waals surface area contributed by atoms with Crippen molar-refractivity contribution in [1.29, 1.82) is 0 Å². The molecule has 1 heterocycles. The number of aryl methyl sites for hydroxylation is 2. The fraction of sp³-hybridized carbons (Fsp3) is 0.273. The molecule has 0 fully saturated rings. The Morgan fingerprint density at radius 3 is 2.57 bits per heavy atom. The molecule has 30 heavy (non-hydrogen) atoms. The highest BCUT2D eigenvalue weighted by Gasteiger charge is 2.15. The summed E-state index contributed by atoms with van der Waals surface area (Å²) in [6.45, 7) is 8.14. The number of carbonyl (C=O) groups excluding carboxylic acids is 2. The van der Waals surface area contributed by atoms with Crippen molar-refractivity contribution < 1.29 is 9.59 Å². The quantitative estimate of drug-likeness (QED) is 0.554. The summed E-state index contributed by atoms with van der Waals surface area (Å²) in [5.41, 5.74) is 4.56. The number of rotatable bonds is 7. The molecule has 1 aromatic heterocycles. The van der Waals surface area contributed by atoms with Crippen LogP contribution in [-0.4, -0.2) is 32.3 Å².